The summed E-state index contributed by atoms with van der Waals surface area (Å²) in [6.45, 7) is 3.26. The first-order valence-electron chi connectivity index (χ1n) is 7.43. The number of amides is 2. The Morgan fingerprint density at radius 1 is 1.44 bits per heavy atom. The van der Waals surface area contributed by atoms with Gasteiger partial charge in [-0.1, -0.05) is 0 Å². The van der Waals surface area contributed by atoms with Crippen LogP contribution in [0.2, 0.25) is 0 Å². The molecule has 0 aliphatic carbocycles. The number of anilines is 1. The van der Waals surface area contributed by atoms with Crippen molar-refractivity contribution in [2.45, 2.75) is 19.9 Å². The van der Waals surface area contributed by atoms with Crippen molar-refractivity contribution in [1.29, 1.82) is 0 Å². The molecule has 25 heavy (non-hydrogen) atoms. The molecule has 2 aromatic rings. The SMILES string of the molecule is Cc1nc(C(C)NC(=O)c2ccc3c(c2)OCC(=O)N3)sc1C(=O)O. The van der Waals surface area contributed by atoms with E-state index in [2.05, 4.69) is 15.6 Å². The molecule has 9 heteroatoms. The molecule has 0 saturated carbocycles. The van der Waals surface area contributed by atoms with Gasteiger partial charge in [0.25, 0.3) is 11.8 Å². The van der Waals surface area contributed by atoms with Crippen molar-refractivity contribution in [3.63, 3.8) is 0 Å². The fraction of sp³-hybridized carbons (Fsp3) is 0.250. The molecule has 3 N–H and O–H groups in total. The maximum Gasteiger partial charge on any atom is 0.347 e. The molecule has 0 bridgehead atoms. The molecule has 1 aromatic carbocycles. The number of carbonyl (C=O) groups is 3. The number of benzene rings is 1. The lowest BCUT2D eigenvalue weighted by Crippen LogP contribution is -2.28. The highest BCUT2D eigenvalue weighted by atomic mass is 32.1. The molecule has 8 nitrogen and oxygen atoms in total. The van der Waals surface area contributed by atoms with E-state index in [4.69, 9.17) is 9.84 Å². The van der Waals surface area contributed by atoms with Gasteiger partial charge in [0.05, 0.1) is 17.4 Å². The molecule has 2 amide bonds. The third-order valence-electron chi connectivity index (χ3n) is 3.60. The predicted octanol–water partition coefficient (Wildman–Crippen LogP) is 1.97. The molecule has 0 saturated heterocycles. The largest absolute Gasteiger partial charge is 0.482 e. The fourth-order valence-electron chi connectivity index (χ4n) is 2.36. The van der Waals surface area contributed by atoms with E-state index in [1.807, 2.05) is 0 Å². The lowest BCUT2D eigenvalue weighted by Gasteiger charge is -2.18. The van der Waals surface area contributed by atoms with Crippen molar-refractivity contribution in [1.82, 2.24) is 10.3 Å². The van der Waals surface area contributed by atoms with E-state index in [9.17, 15) is 14.4 Å². The number of rotatable bonds is 4. The minimum absolute atomic E-state index is 0.0924. The van der Waals surface area contributed by atoms with Gasteiger partial charge in [0.15, 0.2) is 6.61 Å². The third kappa shape index (κ3) is 3.45. The summed E-state index contributed by atoms with van der Waals surface area (Å²) in [5, 5.41) is 15.0. The van der Waals surface area contributed by atoms with Crippen molar-refractivity contribution in [2.75, 3.05) is 11.9 Å². The molecule has 0 fully saturated rings. The number of fused-ring (bicyclic) bond motifs is 1. The molecule has 130 valence electrons. The first-order chi connectivity index (χ1) is 11.8. The molecule has 2 heterocycles. The number of hydrogen-bond acceptors (Lipinski definition) is 6. The first kappa shape index (κ1) is 16.9. The van der Waals surface area contributed by atoms with Crippen LogP contribution in [-0.2, 0) is 4.79 Å². The number of carboxylic acid groups (broad SMARTS) is 1. The van der Waals surface area contributed by atoms with Gasteiger partial charge in [-0.3, -0.25) is 9.59 Å². The van der Waals surface area contributed by atoms with Crippen LogP contribution in [0.1, 0.15) is 43.7 Å². The number of thiazole rings is 1. The number of aromatic nitrogens is 1. The number of aryl methyl sites for hydroxylation is 1. The van der Waals surface area contributed by atoms with E-state index in [0.717, 1.165) is 11.3 Å². The third-order valence-corrected chi connectivity index (χ3v) is 4.93. The Labute approximate surface area is 146 Å². The van der Waals surface area contributed by atoms with E-state index >= 15 is 0 Å². The van der Waals surface area contributed by atoms with Gasteiger partial charge in [0, 0.05) is 5.56 Å². The molecule has 1 aliphatic heterocycles. The number of ether oxygens (including phenoxy) is 1. The highest BCUT2D eigenvalue weighted by Crippen LogP contribution is 2.29. The maximum atomic E-state index is 12.4. The van der Waals surface area contributed by atoms with Gasteiger partial charge in [0.1, 0.15) is 15.6 Å². The number of carbonyl (C=O) groups excluding carboxylic acids is 2. The Kier molecular flexibility index (Phi) is 4.41. The summed E-state index contributed by atoms with van der Waals surface area (Å²) in [4.78, 5) is 39.1. The lowest BCUT2D eigenvalue weighted by molar-refractivity contribution is -0.118. The Balaban J connectivity index is 1.75. The molecule has 3 rings (SSSR count). The zero-order chi connectivity index (χ0) is 18.1. The summed E-state index contributed by atoms with van der Waals surface area (Å²) >= 11 is 1.04. The van der Waals surface area contributed by atoms with Crippen LogP contribution in [0.4, 0.5) is 5.69 Å². The molecule has 1 aliphatic rings. The highest BCUT2D eigenvalue weighted by Gasteiger charge is 2.21. The van der Waals surface area contributed by atoms with Crippen LogP contribution in [0.3, 0.4) is 0 Å². The molecule has 1 unspecified atom stereocenters. The molecule has 0 radical (unpaired) electrons. The highest BCUT2D eigenvalue weighted by molar-refractivity contribution is 7.13. The van der Waals surface area contributed by atoms with Crippen molar-refractivity contribution in [3.8, 4) is 5.75 Å². The van der Waals surface area contributed by atoms with Crippen molar-refractivity contribution in [2.24, 2.45) is 0 Å². The van der Waals surface area contributed by atoms with Crippen LogP contribution in [0.5, 0.6) is 5.75 Å². The van der Waals surface area contributed by atoms with Gasteiger partial charge >= 0.3 is 5.97 Å². The van der Waals surface area contributed by atoms with Crippen molar-refractivity contribution >= 4 is 34.8 Å². The molecule has 1 aromatic heterocycles. The van der Waals surface area contributed by atoms with Crippen molar-refractivity contribution < 1.29 is 24.2 Å². The number of aromatic carboxylic acids is 1. The zero-order valence-electron chi connectivity index (χ0n) is 13.5. The first-order valence-corrected chi connectivity index (χ1v) is 8.25. The summed E-state index contributed by atoms with van der Waals surface area (Å²) in [6.07, 6.45) is 0. The van der Waals surface area contributed by atoms with E-state index in [-0.39, 0.29) is 23.3 Å². The number of hydrogen-bond donors (Lipinski definition) is 3. The average Bonchev–Trinajstić information content (AvgIpc) is 2.96. The summed E-state index contributed by atoms with van der Waals surface area (Å²) in [5.41, 5.74) is 1.31. The summed E-state index contributed by atoms with van der Waals surface area (Å²) in [6, 6.07) is 4.28. The minimum atomic E-state index is -1.03. The molecular formula is C16H15N3O5S. The Morgan fingerprint density at radius 3 is 2.88 bits per heavy atom. The fourth-order valence-corrected chi connectivity index (χ4v) is 3.27. The van der Waals surface area contributed by atoms with Gasteiger partial charge in [-0.25, -0.2) is 9.78 Å². The second-order valence-corrected chi connectivity index (χ2v) is 6.55. The summed E-state index contributed by atoms with van der Waals surface area (Å²) in [5.74, 6) is -1.20. The van der Waals surface area contributed by atoms with Crippen LogP contribution in [0.25, 0.3) is 0 Å². The zero-order valence-corrected chi connectivity index (χ0v) is 14.3. The Hall–Kier alpha value is -2.94. The Bertz CT molecular complexity index is 877. The Morgan fingerprint density at radius 2 is 2.20 bits per heavy atom. The van der Waals surface area contributed by atoms with Gasteiger partial charge in [0.2, 0.25) is 0 Å². The van der Waals surface area contributed by atoms with E-state index in [0.29, 0.717) is 27.7 Å². The van der Waals surface area contributed by atoms with E-state index in [1.54, 1.807) is 32.0 Å². The van der Waals surface area contributed by atoms with Crippen LogP contribution >= 0.6 is 11.3 Å². The van der Waals surface area contributed by atoms with Crippen LogP contribution in [-0.4, -0.2) is 34.5 Å². The normalized spacial score (nSPS) is 14.1. The van der Waals surface area contributed by atoms with Gasteiger partial charge in [-0.15, -0.1) is 11.3 Å². The van der Waals surface area contributed by atoms with Crippen LogP contribution < -0.4 is 15.4 Å². The number of nitrogens with one attached hydrogen (secondary N) is 2. The van der Waals surface area contributed by atoms with Gasteiger partial charge in [-0.05, 0) is 32.0 Å². The topological polar surface area (TPSA) is 118 Å². The number of nitrogens with zero attached hydrogens (tertiary/aromatic N) is 1. The standard InChI is InChI=1S/C16H15N3O5S/c1-7-13(16(22)23)25-15(18-7)8(2)17-14(21)9-3-4-10-11(5-9)24-6-12(20)19-10/h3-5,8H,6H2,1-2H3,(H,17,21)(H,19,20)(H,22,23). The smallest absolute Gasteiger partial charge is 0.347 e. The molecule has 0 spiro atoms. The second-order valence-electron chi connectivity index (χ2n) is 5.51. The van der Waals surface area contributed by atoms with Gasteiger partial charge in [-0.2, -0.15) is 0 Å². The van der Waals surface area contributed by atoms with Crippen LogP contribution in [0, 0.1) is 6.92 Å². The van der Waals surface area contributed by atoms with Crippen LogP contribution in [0.15, 0.2) is 18.2 Å². The van der Waals surface area contributed by atoms with Gasteiger partial charge < -0.3 is 20.5 Å². The second kappa shape index (κ2) is 6.52. The molecule has 1 atom stereocenters. The monoisotopic (exact) mass is 361 g/mol. The minimum Gasteiger partial charge on any atom is -0.482 e. The predicted molar refractivity (Wildman–Crippen MR) is 90.3 cm³/mol. The quantitative estimate of drug-likeness (QED) is 0.766. The summed E-state index contributed by atoms with van der Waals surface area (Å²) in [7, 11) is 0. The lowest BCUT2D eigenvalue weighted by atomic mass is 10.1. The maximum absolute atomic E-state index is 12.4. The average molecular weight is 361 g/mol. The van der Waals surface area contributed by atoms with E-state index < -0.39 is 12.0 Å². The molecular weight excluding hydrogens is 346 g/mol. The van der Waals surface area contributed by atoms with Crippen molar-refractivity contribution in [3.05, 3.63) is 39.3 Å². The number of carboxylic acids is 1. The summed E-state index contributed by atoms with van der Waals surface area (Å²) < 4.78 is 5.29. The van der Waals surface area contributed by atoms with E-state index in [1.165, 1.54) is 0 Å².